The van der Waals surface area contributed by atoms with Crippen LogP contribution in [-0.4, -0.2) is 69.6 Å². The lowest BCUT2D eigenvalue weighted by atomic mass is 10.2. The summed E-state index contributed by atoms with van der Waals surface area (Å²) in [6, 6.07) is 14.1. The summed E-state index contributed by atoms with van der Waals surface area (Å²) in [5, 5.41) is 12.8. The summed E-state index contributed by atoms with van der Waals surface area (Å²) in [6.45, 7) is 8.74. The standard InChI is InChI=1S/C23H30ClN7.HI/c1-2-25-23(26-12-5-7-22-28-27-21-6-3-4-13-31(21)22)30-16-14-29(15-17-30)18-19-8-10-20(24)11-9-19;/h3-4,6,8-11,13H,2,5,7,12,14-18H2,1H3,(H,25,26);1H. The molecule has 1 fully saturated rings. The first-order valence-corrected chi connectivity index (χ1v) is 11.4. The first-order chi connectivity index (χ1) is 15.2. The van der Waals surface area contributed by atoms with Crippen LogP contribution in [0.3, 0.4) is 0 Å². The number of fused-ring (bicyclic) bond motifs is 1. The Labute approximate surface area is 211 Å². The maximum Gasteiger partial charge on any atom is 0.194 e. The summed E-state index contributed by atoms with van der Waals surface area (Å²) in [6.07, 6.45) is 3.82. The molecule has 3 aromatic rings. The van der Waals surface area contributed by atoms with E-state index in [2.05, 4.69) is 48.8 Å². The number of aromatic nitrogens is 3. The molecule has 172 valence electrons. The minimum Gasteiger partial charge on any atom is -0.357 e. The van der Waals surface area contributed by atoms with E-state index >= 15 is 0 Å². The number of hydrogen-bond acceptors (Lipinski definition) is 4. The van der Waals surface area contributed by atoms with Gasteiger partial charge in [0.25, 0.3) is 0 Å². The van der Waals surface area contributed by atoms with Crippen molar-refractivity contribution >= 4 is 47.2 Å². The highest BCUT2D eigenvalue weighted by molar-refractivity contribution is 14.0. The van der Waals surface area contributed by atoms with Gasteiger partial charge in [-0.15, -0.1) is 34.2 Å². The van der Waals surface area contributed by atoms with Crippen molar-refractivity contribution in [3.05, 3.63) is 65.1 Å². The van der Waals surface area contributed by atoms with Crippen LogP contribution in [0, 0.1) is 0 Å². The summed E-state index contributed by atoms with van der Waals surface area (Å²) in [5.74, 6) is 2.01. The first kappa shape index (κ1) is 24.7. The number of guanidine groups is 1. The molecular weight excluding hydrogens is 537 g/mol. The van der Waals surface area contributed by atoms with Crippen LogP contribution in [-0.2, 0) is 13.0 Å². The molecule has 0 spiro atoms. The van der Waals surface area contributed by atoms with Gasteiger partial charge in [-0.1, -0.05) is 29.8 Å². The van der Waals surface area contributed by atoms with Crippen LogP contribution in [0.15, 0.2) is 53.7 Å². The molecule has 0 bridgehead atoms. The minimum absolute atomic E-state index is 0. The van der Waals surface area contributed by atoms with Crippen LogP contribution in [0.5, 0.6) is 0 Å². The lowest BCUT2D eigenvalue weighted by molar-refractivity contribution is 0.172. The fourth-order valence-electron chi connectivity index (χ4n) is 3.88. The highest BCUT2D eigenvalue weighted by Gasteiger charge is 2.19. The van der Waals surface area contributed by atoms with Gasteiger partial charge >= 0.3 is 0 Å². The predicted molar refractivity (Wildman–Crippen MR) is 141 cm³/mol. The fraction of sp³-hybridized carbons (Fsp3) is 0.435. The zero-order valence-corrected chi connectivity index (χ0v) is 21.5. The second-order valence-corrected chi connectivity index (χ2v) is 8.21. The van der Waals surface area contributed by atoms with Crippen molar-refractivity contribution in [1.29, 1.82) is 0 Å². The molecule has 0 amide bonds. The number of pyridine rings is 1. The SMILES string of the molecule is CCNC(=NCCCc1nnc2ccccn12)N1CCN(Cc2ccc(Cl)cc2)CC1.I. The summed E-state index contributed by atoms with van der Waals surface area (Å²) in [5.41, 5.74) is 2.20. The Balaban J connectivity index is 0.00000289. The Morgan fingerprint density at radius 2 is 1.84 bits per heavy atom. The van der Waals surface area contributed by atoms with E-state index < -0.39 is 0 Å². The number of rotatable bonds is 7. The summed E-state index contributed by atoms with van der Waals surface area (Å²) in [7, 11) is 0. The van der Waals surface area contributed by atoms with E-state index in [1.807, 2.05) is 36.5 Å². The highest BCUT2D eigenvalue weighted by atomic mass is 127. The van der Waals surface area contributed by atoms with Crippen molar-refractivity contribution in [3.8, 4) is 0 Å². The molecule has 1 aromatic carbocycles. The number of piperazine rings is 1. The number of nitrogens with one attached hydrogen (secondary N) is 1. The number of halogens is 2. The molecule has 0 radical (unpaired) electrons. The molecule has 1 saturated heterocycles. The molecule has 1 aliphatic rings. The monoisotopic (exact) mass is 567 g/mol. The van der Waals surface area contributed by atoms with Gasteiger partial charge in [0.1, 0.15) is 5.82 Å². The van der Waals surface area contributed by atoms with Crippen LogP contribution in [0.1, 0.15) is 24.7 Å². The van der Waals surface area contributed by atoms with Crippen molar-refractivity contribution in [3.63, 3.8) is 0 Å². The summed E-state index contributed by atoms with van der Waals surface area (Å²) in [4.78, 5) is 9.73. The van der Waals surface area contributed by atoms with Crippen molar-refractivity contribution in [2.75, 3.05) is 39.3 Å². The minimum atomic E-state index is 0. The molecule has 2 aromatic heterocycles. The molecular formula is C23H31ClIN7. The molecule has 4 rings (SSSR count). The number of benzene rings is 1. The van der Waals surface area contributed by atoms with Crippen molar-refractivity contribution in [2.45, 2.75) is 26.3 Å². The topological polar surface area (TPSA) is 61.1 Å². The summed E-state index contributed by atoms with van der Waals surface area (Å²) >= 11 is 6.00. The third kappa shape index (κ3) is 6.55. The Hall–Kier alpha value is -1.91. The van der Waals surface area contributed by atoms with E-state index in [0.717, 1.165) is 81.1 Å². The van der Waals surface area contributed by atoms with Crippen molar-refractivity contribution in [2.24, 2.45) is 4.99 Å². The van der Waals surface area contributed by atoms with Crippen LogP contribution in [0.4, 0.5) is 0 Å². The molecule has 0 unspecified atom stereocenters. The fourth-order valence-corrected chi connectivity index (χ4v) is 4.00. The number of nitrogens with zero attached hydrogens (tertiary/aromatic N) is 6. The average Bonchev–Trinajstić information content (AvgIpc) is 3.21. The lowest BCUT2D eigenvalue weighted by Crippen LogP contribution is -2.52. The smallest absolute Gasteiger partial charge is 0.194 e. The zero-order chi connectivity index (χ0) is 21.5. The van der Waals surface area contributed by atoms with Gasteiger partial charge in [0, 0.05) is 63.5 Å². The van der Waals surface area contributed by atoms with E-state index in [1.165, 1.54) is 5.56 Å². The summed E-state index contributed by atoms with van der Waals surface area (Å²) < 4.78 is 2.05. The van der Waals surface area contributed by atoms with Crippen molar-refractivity contribution < 1.29 is 0 Å². The van der Waals surface area contributed by atoms with Gasteiger partial charge in [-0.3, -0.25) is 14.3 Å². The average molecular weight is 568 g/mol. The van der Waals surface area contributed by atoms with Crippen LogP contribution < -0.4 is 5.32 Å². The van der Waals surface area contributed by atoms with Gasteiger partial charge in [0.05, 0.1) is 0 Å². The van der Waals surface area contributed by atoms with Gasteiger partial charge < -0.3 is 10.2 Å². The first-order valence-electron chi connectivity index (χ1n) is 11.0. The third-order valence-electron chi connectivity index (χ3n) is 5.53. The Bertz CT molecular complexity index is 997. The number of aryl methyl sites for hydroxylation is 1. The molecule has 0 atom stereocenters. The van der Waals surface area contributed by atoms with E-state index in [9.17, 15) is 0 Å². The Morgan fingerprint density at radius 1 is 1.06 bits per heavy atom. The van der Waals surface area contributed by atoms with Crippen LogP contribution >= 0.6 is 35.6 Å². The lowest BCUT2D eigenvalue weighted by Gasteiger charge is -2.36. The van der Waals surface area contributed by atoms with E-state index in [-0.39, 0.29) is 24.0 Å². The van der Waals surface area contributed by atoms with Gasteiger partial charge in [0.15, 0.2) is 11.6 Å². The van der Waals surface area contributed by atoms with Crippen LogP contribution in [0.25, 0.3) is 5.65 Å². The van der Waals surface area contributed by atoms with Crippen molar-refractivity contribution in [1.82, 2.24) is 29.7 Å². The molecule has 32 heavy (non-hydrogen) atoms. The maximum absolute atomic E-state index is 6.00. The molecule has 1 aliphatic heterocycles. The van der Waals surface area contributed by atoms with Gasteiger partial charge in [0.2, 0.25) is 0 Å². The molecule has 3 heterocycles. The van der Waals surface area contributed by atoms with Gasteiger partial charge in [-0.05, 0) is 43.2 Å². The predicted octanol–water partition coefficient (Wildman–Crippen LogP) is 3.72. The molecule has 1 N–H and O–H groups in total. The maximum atomic E-state index is 6.00. The molecule has 0 saturated carbocycles. The second kappa shape index (κ2) is 12.4. The Kier molecular flexibility index (Phi) is 9.55. The van der Waals surface area contributed by atoms with E-state index in [4.69, 9.17) is 16.6 Å². The third-order valence-corrected chi connectivity index (χ3v) is 5.78. The van der Waals surface area contributed by atoms with E-state index in [0.29, 0.717) is 0 Å². The van der Waals surface area contributed by atoms with Gasteiger partial charge in [-0.25, -0.2) is 0 Å². The molecule has 0 aliphatic carbocycles. The van der Waals surface area contributed by atoms with E-state index in [1.54, 1.807) is 0 Å². The second-order valence-electron chi connectivity index (χ2n) is 7.77. The molecule has 7 nitrogen and oxygen atoms in total. The zero-order valence-electron chi connectivity index (χ0n) is 18.5. The number of hydrogen-bond donors (Lipinski definition) is 1. The van der Waals surface area contributed by atoms with Gasteiger partial charge in [-0.2, -0.15) is 0 Å². The quantitative estimate of drug-likeness (QED) is 0.204. The van der Waals surface area contributed by atoms with Crippen LogP contribution in [0.2, 0.25) is 5.02 Å². The molecule has 9 heteroatoms. The largest absolute Gasteiger partial charge is 0.357 e. The highest BCUT2D eigenvalue weighted by Crippen LogP contribution is 2.13. The normalized spacial score (nSPS) is 15.1. The Morgan fingerprint density at radius 3 is 2.59 bits per heavy atom. The number of aliphatic imine (C=N–C) groups is 1.